The number of likely N-dealkylation sites (tertiary alicyclic amines) is 1. The van der Waals surface area contributed by atoms with Crippen LogP contribution in [0.25, 0.3) is 0 Å². The Morgan fingerprint density at radius 1 is 1.16 bits per heavy atom. The van der Waals surface area contributed by atoms with Gasteiger partial charge in [-0.05, 0) is 12.8 Å². The second kappa shape index (κ2) is 6.66. The number of hydrogen-bond acceptors (Lipinski definition) is 2. The van der Waals surface area contributed by atoms with E-state index in [0.29, 0.717) is 24.1 Å². The Bertz CT molecular complexity index is 448. The van der Waals surface area contributed by atoms with Crippen LogP contribution in [0.5, 0.6) is 0 Å². The summed E-state index contributed by atoms with van der Waals surface area (Å²) in [6, 6.07) is 5.23. The zero-order chi connectivity index (χ0) is 13.7. The Hall–Kier alpha value is -1.42. The van der Waals surface area contributed by atoms with E-state index >= 15 is 0 Å². The Morgan fingerprint density at radius 2 is 1.89 bits per heavy atom. The molecule has 19 heavy (non-hydrogen) atoms. The van der Waals surface area contributed by atoms with E-state index in [1.54, 1.807) is 23.1 Å². The number of carbonyl (C=O) groups is 1. The molecular weight excluding hydrogens is 243 g/mol. The van der Waals surface area contributed by atoms with Gasteiger partial charge in [0.15, 0.2) is 0 Å². The summed E-state index contributed by atoms with van der Waals surface area (Å²) in [7, 11) is 0. The minimum absolute atomic E-state index is 0.136. The number of carbonyl (C=O) groups excluding carboxylic acids is 1. The molecule has 0 aliphatic carbocycles. The van der Waals surface area contributed by atoms with Crippen molar-refractivity contribution in [1.29, 1.82) is 0 Å². The third-order valence-electron chi connectivity index (χ3n) is 3.66. The smallest absolute Gasteiger partial charge is 0.222 e. The Labute approximate surface area is 113 Å². The first-order valence-electron chi connectivity index (χ1n) is 6.96. The first-order valence-corrected chi connectivity index (χ1v) is 6.96. The van der Waals surface area contributed by atoms with E-state index in [2.05, 4.69) is 0 Å². The number of amides is 1. The van der Waals surface area contributed by atoms with Crippen LogP contribution < -0.4 is 5.73 Å². The van der Waals surface area contributed by atoms with Gasteiger partial charge in [-0.25, -0.2) is 4.39 Å². The molecule has 0 atom stereocenters. The third kappa shape index (κ3) is 3.53. The van der Waals surface area contributed by atoms with Gasteiger partial charge in [0.25, 0.3) is 0 Å². The van der Waals surface area contributed by atoms with Crippen LogP contribution in [0.1, 0.15) is 43.2 Å². The van der Waals surface area contributed by atoms with Crippen molar-refractivity contribution in [3.8, 4) is 0 Å². The van der Waals surface area contributed by atoms with E-state index in [0.717, 1.165) is 32.2 Å². The molecule has 0 bridgehead atoms. The minimum atomic E-state index is -0.264. The molecule has 1 fully saturated rings. The van der Waals surface area contributed by atoms with Crippen molar-refractivity contribution >= 4 is 5.91 Å². The van der Waals surface area contributed by atoms with Crippen molar-refractivity contribution in [2.75, 3.05) is 6.54 Å². The number of halogens is 1. The SMILES string of the molecule is NCc1cccc(CN2CCCCCCC2=O)c1F. The summed E-state index contributed by atoms with van der Waals surface area (Å²) in [6.45, 7) is 1.28. The highest BCUT2D eigenvalue weighted by Crippen LogP contribution is 2.18. The molecule has 4 heteroatoms. The molecule has 104 valence electrons. The molecule has 0 radical (unpaired) electrons. The molecule has 0 unspecified atom stereocenters. The monoisotopic (exact) mass is 264 g/mol. The third-order valence-corrected chi connectivity index (χ3v) is 3.66. The largest absolute Gasteiger partial charge is 0.338 e. The van der Waals surface area contributed by atoms with Crippen LogP contribution in [-0.2, 0) is 17.9 Å². The molecule has 2 rings (SSSR count). The summed E-state index contributed by atoms with van der Waals surface area (Å²) in [5, 5.41) is 0. The number of rotatable bonds is 3. The lowest BCUT2D eigenvalue weighted by molar-refractivity contribution is -0.132. The predicted molar refractivity (Wildman–Crippen MR) is 72.8 cm³/mol. The van der Waals surface area contributed by atoms with E-state index in [4.69, 9.17) is 5.73 Å². The van der Waals surface area contributed by atoms with Crippen LogP contribution in [0.15, 0.2) is 18.2 Å². The standard InChI is InChI=1S/C15H21FN2O/c16-15-12(10-17)6-5-7-13(15)11-18-9-4-2-1-3-8-14(18)19/h5-7H,1-4,8-11,17H2. The highest BCUT2D eigenvalue weighted by atomic mass is 19.1. The lowest BCUT2D eigenvalue weighted by Crippen LogP contribution is -2.32. The minimum Gasteiger partial charge on any atom is -0.338 e. The first kappa shape index (κ1) is 14.0. The Morgan fingerprint density at radius 3 is 2.68 bits per heavy atom. The predicted octanol–water partition coefficient (Wildman–Crippen LogP) is 2.58. The van der Waals surface area contributed by atoms with Crippen LogP contribution >= 0.6 is 0 Å². The van der Waals surface area contributed by atoms with Crippen LogP contribution in [0.2, 0.25) is 0 Å². The van der Waals surface area contributed by atoms with Crippen molar-refractivity contribution in [2.24, 2.45) is 5.73 Å². The zero-order valence-corrected chi connectivity index (χ0v) is 11.2. The molecular formula is C15H21FN2O. The fourth-order valence-electron chi connectivity index (χ4n) is 2.50. The van der Waals surface area contributed by atoms with E-state index in [1.807, 2.05) is 0 Å². The maximum absolute atomic E-state index is 14.1. The number of nitrogens with two attached hydrogens (primary N) is 1. The Balaban J connectivity index is 2.12. The lowest BCUT2D eigenvalue weighted by atomic mass is 10.1. The van der Waals surface area contributed by atoms with E-state index in [-0.39, 0.29) is 18.3 Å². The van der Waals surface area contributed by atoms with Gasteiger partial charge < -0.3 is 10.6 Å². The zero-order valence-electron chi connectivity index (χ0n) is 11.2. The maximum atomic E-state index is 14.1. The van der Waals surface area contributed by atoms with Gasteiger partial charge in [-0.3, -0.25) is 4.79 Å². The van der Waals surface area contributed by atoms with Crippen molar-refractivity contribution in [3.63, 3.8) is 0 Å². The summed E-state index contributed by atoms with van der Waals surface area (Å²) < 4.78 is 14.1. The molecule has 0 saturated carbocycles. The highest BCUT2D eigenvalue weighted by Gasteiger charge is 2.17. The Kier molecular flexibility index (Phi) is 4.91. The molecule has 1 heterocycles. The molecule has 1 aromatic rings. The van der Waals surface area contributed by atoms with Crippen LogP contribution in [0, 0.1) is 5.82 Å². The summed E-state index contributed by atoms with van der Waals surface area (Å²) in [5.41, 5.74) is 6.58. The van der Waals surface area contributed by atoms with Gasteiger partial charge >= 0.3 is 0 Å². The summed E-state index contributed by atoms with van der Waals surface area (Å²) in [5.74, 6) is -0.128. The summed E-state index contributed by atoms with van der Waals surface area (Å²) in [6.07, 6.45) is 4.80. The van der Waals surface area contributed by atoms with Gasteiger partial charge in [0.2, 0.25) is 5.91 Å². The topological polar surface area (TPSA) is 46.3 Å². The summed E-state index contributed by atoms with van der Waals surface area (Å²) in [4.78, 5) is 13.8. The van der Waals surface area contributed by atoms with Crippen LogP contribution in [0.4, 0.5) is 4.39 Å². The fraction of sp³-hybridized carbons (Fsp3) is 0.533. The molecule has 1 aromatic carbocycles. The number of hydrogen-bond donors (Lipinski definition) is 1. The van der Waals surface area contributed by atoms with Crippen molar-refractivity contribution in [1.82, 2.24) is 4.90 Å². The van der Waals surface area contributed by atoms with Crippen molar-refractivity contribution in [2.45, 2.75) is 45.2 Å². The van der Waals surface area contributed by atoms with Gasteiger partial charge in [-0.2, -0.15) is 0 Å². The second-order valence-corrected chi connectivity index (χ2v) is 5.07. The molecule has 0 aromatic heterocycles. The lowest BCUT2D eigenvalue weighted by Gasteiger charge is -2.25. The average Bonchev–Trinajstić information content (AvgIpc) is 2.40. The molecule has 1 saturated heterocycles. The fourth-order valence-corrected chi connectivity index (χ4v) is 2.50. The van der Waals surface area contributed by atoms with Gasteiger partial charge in [0.05, 0.1) is 0 Å². The second-order valence-electron chi connectivity index (χ2n) is 5.07. The molecule has 1 aliphatic heterocycles. The van der Waals surface area contributed by atoms with Gasteiger partial charge in [-0.1, -0.05) is 31.0 Å². The summed E-state index contributed by atoms with van der Waals surface area (Å²) >= 11 is 0. The van der Waals surface area contributed by atoms with Crippen LogP contribution in [0.3, 0.4) is 0 Å². The van der Waals surface area contributed by atoms with E-state index in [1.165, 1.54) is 0 Å². The van der Waals surface area contributed by atoms with Gasteiger partial charge in [0, 0.05) is 37.2 Å². The van der Waals surface area contributed by atoms with E-state index in [9.17, 15) is 9.18 Å². The van der Waals surface area contributed by atoms with Gasteiger partial charge in [-0.15, -0.1) is 0 Å². The first-order chi connectivity index (χ1) is 9.22. The van der Waals surface area contributed by atoms with E-state index < -0.39 is 0 Å². The van der Waals surface area contributed by atoms with Gasteiger partial charge in [0.1, 0.15) is 5.82 Å². The van der Waals surface area contributed by atoms with Crippen molar-refractivity contribution in [3.05, 3.63) is 35.1 Å². The number of benzene rings is 1. The quantitative estimate of drug-likeness (QED) is 0.912. The average molecular weight is 264 g/mol. The van der Waals surface area contributed by atoms with Crippen molar-refractivity contribution < 1.29 is 9.18 Å². The molecule has 3 nitrogen and oxygen atoms in total. The van der Waals surface area contributed by atoms with Crippen LogP contribution in [-0.4, -0.2) is 17.4 Å². The normalized spacial score (nSPS) is 17.2. The molecule has 1 aliphatic rings. The highest BCUT2D eigenvalue weighted by molar-refractivity contribution is 5.76. The molecule has 0 spiro atoms. The maximum Gasteiger partial charge on any atom is 0.222 e. The molecule has 2 N–H and O–H groups in total. The molecule has 1 amide bonds. The number of nitrogens with zero attached hydrogens (tertiary/aromatic N) is 1.